The van der Waals surface area contributed by atoms with Gasteiger partial charge in [-0.3, -0.25) is 9.59 Å². The third-order valence-electron chi connectivity index (χ3n) is 10.3. The number of aliphatic hydroxyl groups is 7. The van der Waals surface area contributed by atoms with Crippen molar-refractivity contribution in [3.63, 3.8) is 0 Å². The van der Waals surface area contributed by atoms with Crippen LogP contribution in [0.4, 0.5) is 0 Å². The minimum Gasteiger partial charge on any atom is -0.462 e. The Hall–Kier alpha value is -1.50. The number of hydrogen-bond acceptors (Lipinski definition) is 15. The molecule has 0 radical (unpaired) electrons. The molecule has 0 spiro atoms. The second-order valence-corrected chi connectivity index (χ2v) is 15.2. The SMILES string of the molecule is CCCCCCCCCCCCCCC(=O)O[C@H](COC(=O)CCCCCCCCC)CO[C@@H]1O[C@H](CO[C@@H]2O[C@H](CO)[C@H](O)C(O)C2O)[C@H](O)C(O)C1O. The van der Waals surface area contributed by atoms with E-state index in [0.29, 0.717) is 12.8 Å². The van der Waals surface area contributed by atoms with Crippen LogP contribution in [0.15, 0.2) is 0 Å². The standard InChI is InChI=1S/C40H74O15/c1-3-5-7-9-11-12-13-14-15-17-19-21-23-32(43)53-28(25-50-31(42)22-20-18-16-10-8-6-4-2)26-51-39-38(49)36(47)34(45)30(55-39)27-52-40-37(48)35(46)33(44)29(24-41)54-40/h28-30,33-41,44-49H,3-27H2,1-2H3/t28-,29-,30-,33+,34+,35?,36?,37?,38?,39-,40-/m1/s1. The van der Waals surface area contributed by atoms with Gasteiger partial charge in [-0.05, 0) is 12.8 Å². The number of aliphatic hydroxyl groups excluding tert-OH is 7. The molecule has 0 aromatic heterocycles. The van der Waals surface area contributed by atoms with Gasteiger partial charge in [0.2, 0.25) is 0 Å². The zero-order chi connectivity index (χ0) is 40.4. The molecule has 0 aromatic carbocycles. The van der Waals surface area contributed by atoms with E-state index >= 15 is 0 Å². The Morgan fingerprint density at radius 3 is 1.42 bits per heavy atom. The van der Waals surface area contributed by atoms with Crippen LogP contribution in [-0.4, -0.2) is 142 Å². The number of carbonyl (C=O) groups is 2. The Morgan fingerprint density at radius 1 is 0.509 bits per heavy atom. The molecule has 0 bridgehead atoms. The first-order valence-electron chi connectivity index (χ1n) is 21.1. The largest absolute Gasteiger partial charge is 0.462 e. The van der Waals surface area contributed by atoms with Crippen molar-refractivity contribution >= 4 is 11.9 Å². The molecule has 0 saturated carbocycles. The Morgan fingerprint density at radius 2 is 0.927 bits per heavy atom. The Kier molecular flexibility index (Phi) is 26.8. The fraction of sp³-hybridized carbons (Fsp3) is 0.950. The lowest BCUT2D eigenvalue weighted by Gasteiger charge is -2.42. The van der Waals surface area contributed by atoms with Gasteiger partial charge >= 0.3 is 11.9 Å². The van der Waals surface area contributed by atoms with Crippen LogP contribution in [0, 0.1) is 0 Å². The summed E-state index contributed by atoms with van der Waals surface area (Å²) in [6, 6.07) is 0. The highest BCUT2D eigenvalue weighted by Gasteiger charge is 2.47. The van der Waals surface area contributed by atoms with Crippen molar-refractivity contribution in [3.8, 4) is 0 Å². The molecule has 2 fully saturated rings. The molecule has 15 heteroatoms. The smallest absolute Gasteiger partial charge is 0.306 e. The van der Waals surface area contributed by atoms with E-state index in [1.54, 1.807) is 0 Å². The summed E-state index contributed by atoms with van der Waals surface area (Å²) in [6.07, 6.45) is 4.69. The summed E-state index contributed by atoms with van der Waals surface area (Å²) in [6.45, 7) is 2.51. The van der Waals surface area contributed by atoms with Crippen LogP contribution < -0.4 is 0 Å². The highest BCUT2D eigenvalue weighted by atomic mass is 16.7. The molecular weight excluding hydrogens is 720 g/mol. The van der Waals surface area contributed by atoms with Gasteiger partial charge in [-0.2, -0.15) is 0 Å². The van der Waals surface area contributed by atoms with E-state index in [4.69, 9.17) is 28.4 Å². The number of hydrogen-bond donors (Lipinski definition) is 7. The zero-order valence-corrected chi connectivity index (χ0v) is 33.4. The van der Waals surface area contributed by atoms with Crippen LogP contribution in [0.1, 0.15) is 149 Å². The first-order valence-corrected chi connectivity index (χ1v) is 21.1. The maximum absolute atomic E-state index is 12.8. The first kappa shape index (κ1) is 49.6. The van der Waals surface area contributed by atoms with Crippen molar-refractivity contribution in [2.24, 2.45) is 0 Å². The minimum absolute atomic E-state index is 0.171. The summed E-state index contributed by atoms with van der Waals surface area (Å²) in [4.78, 5) is 25.4. The van der Waals surface area contributed by atoms with Crippen molar-refractivity contribution < 1.29 is 73.8 Å². The van der Waals surface area contributed by atoms with Gasteiger partial charge in [0.05, 0.1) is 19.8 Å². The van der Waals surface area contributed by atoms with Gasteiger partial charge < -0.3 is 64.2 Å². The lowest BCUT2D eigenvalue weighted by atomic mass is 9.98. The van der Waals surface area contributed by atoms with Crippen molar-refractivity contribution in [1.82, 2.24) is 0 Å². The molecule has 2 aliphatic heterocycles. The predicted molar refractivity (Wildman–Crippen MR) is 201 cm³/mol. The van der Waals surface area contributed by atoms with Crippen LogP contribution in [0.3, 0.4) is 0 Å². The summed E-state index contributed by atoms with van der Waals surface area (Å²) in [7, 11) is 0. The molecule has 11 atom stereocenters. The van der Waals surface area contributed by atoms with Crippen molar-refractivity contribution in [2.75, 3.05) is 26.4 Å². The highest BCUT2D eigenvalue weighted by molar-refractivity contribution is 5.70. The maximum atomic E-state index is 12.8. The molecule has 2 aliphatic rings. The predicted octanol–water partition coefficient (Wildman–Crippen LogP) is 3.31. The molecule has 55 heavy (non-hydrogen) atoms. The molecule has 2 heterocycles. The number of carbonyl (C=O) groups excluding carboxylic acids is 2. The van der Waals surface area contributed by atoms with E-state index in [9.17, 15) is 45.3 Å². The summed E-state index contributed by atoms with van der Waals surface area (Å²) in [5.74, 6) is -0.927. The molecule has 324 valence electrons. The maximum Gasteiger partial charge on any atom is 0.306 e. The molecule has 0 aromatic rings. The number of ether oxygens (including phenoxy) is 6. The molecule has 2 rings (SSSR count). The van der Waals surface area contributed by atoms with Gasteiger partial charge in [-0.25, -0.2) is 0 Å². The van der Waals surface area contributed by atoms with E-state index in [0.717, 1.165) is 44.9 Å². The summed E-state index contributed by atoms with van der Waals surface area (Å²) in [5, 5.41) is 71.6. The summed E-state index contributed by atoms with van der Waals surface area (Å²) in [5.41, 5.74) is 0. The van der Waals surface area contributed by atoms with E-state index in [1.807, 2.05) is 0 Å². The Balaban J connectivity index is 1.88. The molecule has 0 amide bonds. The lowest BCUT2D eigenvalue weighted by molar-refractivity contribution is -0.332. The molecular formula is C40H74O15. The number of esters is 2. The zero-order valence-electron chi connectivity index (χ0n) is 33.4. The molecule has 7 N–H and O–H groups in total. The van der Waals surface area contributed by atoms with E-state index in [-0.39, 0.29) is 26.1 Å². The van der Waals surface area contributed by atoms with Crippen LogP contribution in [-0.2, 0) is 38.0 Å². The Labute approximate surface area is 328 Å². The van der Waals surface area contributed by atoms with E-state index in [2.05, 4.69) is 13.8 Å². The highest BCUT2D eigenvalue weighted by Crippen LogP contribution is 2.26. The van der Waals surface area contributed by atoms with Crippen LogP contribution in [0.5, 0.6) is 0 Å². The summed E-state index contributed by atoms with van der Waals surface area (Å²) < 4.78 is 33.3. The normalized spacial score (nSPS) is 28.9. The van der Waals surface area contributed by atoms with E-state index in [1.165, 1.54) is 64.2 Å². The van der Waals surface area contributed by atoms with Crippen LogP contribution >= 0.6 is 0 Å². The van der Waals surface area contributed by atoms with Crippen LogP contribution in [0.2, 0.25) is 0 Å². The average molecular weight is 795 g/mol. The fourth-order valence-electron chi connectivity index (χ4n) is 6.74. The van der Waals surface area contributed by atoms with Gasteiger partial charge in [0.25, 0.3) is 0 Å². The second-order valence-electron chi connectivity index (χ2n) is 15.2. The first-order chi connectivity index (χ1) is 26.5. The summed E-state index contributed by atoms with van der Waals surface area (Å²) >= 11 is 0. The lowest BCUT2D eigenvalue weighted by Crippen LogP contribution is -2.61. The van der Waals surface area contributed by atoms with Gasteiger partial charge in [-0.1, -0.05) is 123 Å². The van der Waals surface area contributed by atoms with Crippen molar-refractivity contribution in [1.29, 1.82) is 0 Å². The minimum atomic E-state index is -1.76. The second kappa shape index (κ2) is 29.7. The molecule has 2 saturated heterocycles. The van der Waals surface area contributed by atoms with Gasteiger partial charge in [0, 0.05) is 12.8 Å². The van der Waals surface area contributed by atoms with E-state index < -0.39 is 92.7 Å². The van der Waals surface area contributed by atoms with Gasteiger partial charge in [0.15, 0.2) is 18.7 Å². The third-order valence-corrected chi connectivity index (χ3v) is 10.3. The average Bonchev–Trinajstić information content (AvgIpc) is 3.18. The van der Waals surface area contributed by atoms with Crippen LogP contribution in [0.25, 0.3) is 0 Å². The third kappa shape index (κ3) is 19.7. The fourth-order valence-corrected chi connectivity index (χ4v) is 6.74. The van der Waals surface area contributed by atoms with Gasteiger partial charge in [0.1, 0.15) is 55.4 Å². The van der Waals surface area contributed by atoms with Crippen molar-refractivity contribution in [3.05, 3.63) is 0 Å². The monoisotopic (exact) mass is 795 g/mol. The molecule has 0 aliphatic carbocycles. The molecule has 15 nitrogen and oxygen atoms in total. The topological polar surface area (TPSA) is 231 Å². The number of unbranched alkanes of at least 4 members (excludes halogenated alkanes) is 17. The quantitative estimate of drug-likeness (QED) is 0.0394. The molecule has 4 unspecified atom stereocenters. The Bertz CT molecular complexity index is 986. The van der Waals surface area contributed by atoms with Gasteiger partial charge in [-0.15, -0.1) is 0 Å². The number of rotatable bonds is 31. The van der Waals surface area contributed by atoms with Crippen molar-refractivity contribution in [2.45, 2.75) is 216 Å².